The maximum absolute atomic E-state index is 13.3. The normalized spacial score (nSPS) is 19.6. The molecule has 0 aliphatic carbocycles. The third-order valence-corrected chi connectivity index (χ3v) is 4.84. The van der Waals surface area contributed by atoms with Gasteiger partial charge in [-0.2, -0.15) is 0 Å². The second-order valence-corrected chi connectivity index (χ2v) is 7.40. The predicted molar refractivity (Wildman–Crippen MR) is 106 cm³/mol. The number of carbonyl (C=O) groups is 2. The molecule has 1 aliphatic rings. The summed E-state index contributed by atoms with van der Waals surface area (Å²) in [5.74, 6) is -0.893. The summed E-state index contributed by atoms with van der Waals surface area (Å²) in [6.07, 6.45) is -0.830. The van der Waals surface area contributed by atoms with E-state index < -0.39 is 29.5 Å². The SMILES string of the molecule is CC(=O)c1ccc2c(c1)[C@H](N)[C@H](OC(=O)c1ccc(F)c(Cl)c1)C(C)(C)O2.Cl. The van der Waals surface area contributed by atoms with Crippen molar-refractivity contribution in [1.82, 2.24) is 0 Å². The average Bonchev–Trinajstić information content (AvgIpc) is 2.60. The number of ether oxygens (including phenoxy) is 2. The van der Waals surface area contributed by atoms with Gasteiger partial charge in [0.2, 0.25) is 0 Å². The number of hydrogen-bond acceptors (Lipinski definition) is 5. The van der Waals surface area contributed by atoms with Crippen LogP contribution in [0.15, 0.2) is 36.4 Å². The smallest absolute Gasteiger partial charge is 0.338 e. The fraction of sp³-hybridized carbons (Fsp3) is 0.300. The standard InChI is InChI=1S/C20H19ClFNO4.ClH/c1-10(24)11-5-7-16-13(8-11)17(23)18(20(2,3)27-16)26-19(25)12-4-6-15(22)14(21)9-12;/h4-9,17-18H,23H2,1-3H3;1H/t17-,18-;/m0./s1. The quantitative estimate of drug-likeness (QED) is 0.576. The van der Waals surface area contributed by atoms with Crippen LogP contribution in [0.3, 0.4) is 0 Å². The number of halogens is 3. The fourth-order valence-corrected chi connectivity index (χ4v) is 3.26. The lowest BCUT2D eigenvalue weighted by atomic mass is 9.86. The van der Waals surface area contributed by atoms with E-state index in [1.54, 1.807) is 32.0 Å². The molecule has 0 spiro atoms. The highest BCUT2D eigenvalue weighted by Gasteiger charge is 2.45. The van der Waals surface area contributed by atoms with Crippen LogP contribution < -0.4 is 10.5 Å². The number of carbonyl (C=O) groups excluding carboxylic acids is 2. The molecule has 150 valence electrons. The van der Waals surface area contributed by atoms with Gasteiger partial charge in [0.15, 0.2) is 11.9 Å². The summed E-state index contributed by atoms with van der Waals surface area (Å²) in [5.41, 5.74) is 6.62. The highest BCUT2D eigenvalue weighted by atomic mass is 35.5. The van der Waals surface area contributed by atoms with Crippen molar-refractivity contribution in [1.29, 1.82) is 0 Å². The van der Waals surface area contributed by atoms with Gasteiger partial charge < -0.3 is 15.2 Å². The van der Waals surface area contributed by atoms with Gasteiger partial charge in [0.1, 0.15) is 17.2 Å². The van der Waals surface area contributed by atoms with Gasteiger partial charge in [-0.1, -0.05) is 11.6 Å². The van der Waals surface area contributed by atoms with Gasteiger partial charge in [-0.05, 0) is 57.2 Å². The number of esters is 1. The van der Waals surface area contributed by atoms with Crippen LogP contribution in [0.2, 0.25) is 5.02 Å². The first-order chi connectivity index (χ1) is 12.6. The first-order valence-electron chi connectivity index (χ1n) is 8.35. The van der Waals surface area contributed by atoms with E-state index in [9.17, 15) is 14.0 Å². The summed E-state index contributed by atoms with van der Waals surface area (Å²) < 4.78 is 24.9. The van der Waals surface area contributed by atoms with E-state index >= 15 is 0 Å². The van der Waals surface area contributed by atoms with Crippen molar-refractivity contribution in [3.05, 3.63) is 63.9 Å². The lowest BCUT2D eigenvalue weighted by Gasteiger charge is -2.42. The largest absolute Gasteiger partial charge is 0.484 e. The minimum atomic E-state index is -0.913. The molecule has 0 unspecified atom stereocenters. The van der Waals surface area contributed by atoms with Crippen molar-refractivity contribution in [3.63, 3.8) is 0 Å². The summed E-state index contributed by atoms with van der Waals surface area (Å²) in [6, 6.07) is 7.87. The summed E-state index contributed by atoms with van der Waals surface area (Å²) in [4.78, 5) is 24.2. The van der Waals surface area contributed by atoms with Gasteiger partial charge in [0.05, 0.1) is 16.6 Å². The van der Waals surface area contributed by atoms with Gasteiger partial charge >= 0.3 is 5.97 Å². The van der Waals surface area contributed by atoms with Crippen LogP contribution in [0.1, 0.15) is 53.1 Å². The Morgan fingerprint density at radius 2 is 1.82 bits per heavy atom. The molecule has 2 aromatic carbocycles. The van der Waals surface area contributed by atoms with Crippen molar-refractivity contribution in [3.8, 4) is 5.75 Å². The molecule has 8 heteroatoms. The number of hydrogen-bond donors (Lipinski definition) is 1. The van der Waals surface area contributed by atoms with E-state index in [-0.39, 0.29) is 28.8 Å². The van der Waals surface area contributed by atoms with Crippen molar-refractivity contribution in [2.75, 3.05) is 0 Å². The molecule has 0 radical (unpaired) electrons. The number of rotatable bonds is 3. The molecule has 5 nitrogen and oxygen atoms in total. The van der Waals surface area contributed by atoms with Gasteiger partial charge in [-0.25, -0.2) is 9.18 Å². The minimum Gasteiger partial charge on any atom is -0.484 e. The van der Waals surface area contributed by atoms with Crippen LogP contribution in [-0.2, 0) is 4.74 Å². The summed E-state index contributed by atoms with van der Waals surface area (Å²) in [5, 5.41) is -0.177. The van der Waals surface area contributed by atoms with E-state index in [4.69, 9.17) is 26.8 Å². The van der Waals surface area contributed by atoms with Crippen LogP contribution in [-0.4, -0.2) is 23.5 Å². The Labute approximate surface area is 173 Å². The van der Waals surface area contributed by atoms with E-state index in [2.05, 4.69) is 0 Å². The van der Waals surface area contributed by atoms with Crippen molar-refractivity contribution in [2.45, 2.75) is 38.5 Å². The minimum absolute atomic E-state index is 0. The van der Waals surface area contributed by atoms with Crippen LogP contribution >= 0.6 is 24.0 Å². The van der Waals surface area contributed by atoms with Crippen LogP contribution in [0.25, 0.3) is 0 Å². The Bertz CT molecular complexity index is 932. The zero-order chi connectivity index (χ0) is 19.9. The molecule has 2 atom stereocenters. The monoisotopic (exact) mass is 427 g/mol. The Balaban J connectivity index is 0.00000280. The van der Waals surface area contributed by atoms with E-state index in [1.807, 2.05) is 0 Å². The molecule has 0 bridgehead atoms. The second-order valence-electron chi connectivity index (χ2n) is 6.99. The molecule has 0 amide bonds. The third-order valence-electron chi connectivity index (χ3n) is 4.55. The lowest BCUT2D eigenvalue weighted by Crippen LogP contribution is -2.53. The van der Waals surface area contributed by atoms with Gasteiger partial charge in [-0.3, -0.25) is 4.79 Å². The molecular weight excluding hydrogens is 408 g/mol. The molecule has 0 saturated carbocycles. The molecule has 2 N–H and O–H groups in total. The molecule has 0 aromatic heterocycles. The summed E-state index contributed by atoms with van der Waals surface area (Å²) in [6.45, 7) is 4.96. The van der Waals surface area contributed by atoms with E-state index in [0.29, 0.717) is 16.9 Å². The molecule has 1 aliphatic heterocycles. The zero-order valence-corrected chi connectivity index (χ0v) is 17.1. The highest BCUT2D eigenvalue weighted by Crippen LogP contribution is 2.41. The number of benzene rings is 2. The maximum atomic E-state index is 13.3. The maximum Gasteiger partial charge on any atom is 0.338 e. The number of fused-ring (bicyclic) bond motifs is 1. The molecule has 3 rings (SSSR count). The molecule has 0 saturated heterocycles. The fourth-order valence-electron chi connectivity index (χ4n) is 3.08. The summed E-state index contributed by atoms with van der Waals surface area (Å²) in [7, 11) is 0. The second kappa shape index (κ2) is 8.07. The third kappa shape index (κ3) is 4.14. The van der Waals surface area contributed by atoms with Crippen LogP contribution in [0, 0.1) is 5.82 Å². The Morgan fingerprint density at radius 1 is 1.18 bits per heavy atom. The first-order valence-corrected chi connectivity index (χ1v) is 8.73. The Kier molecular flexibility index (Phi) is 6.38. The molecular formula is C20H20Cl2FNO4. The number of nitrogens with two attached hydrogens (primary N) is 1. The van der Waals surface area contributed by atoms with E-state index in [1.165, 1.54) is 19.1 Å². The number of Topliss-reactive ketones (excluding diaryl/α,β-unsaturated/α-hetero) is 1. The van der Waals surface area contributed by atoms with Gasteiger partial charge in [-0.15, -0.1) is 12.4 Å². The first kappa shape index (κ1) is 22.1. The van der Waals surface area contributed by atoms with Gasteiger partial charge in [0.25, 0.3) is 0 Å². The molecule has 2 aromatic rings. The van der Waals surface area contributed by atoms with Crippen LogP contribution in [0.5, 0.6) is 5.75 Å². The average molecular weight is 428 g/mol. The molecule has 28 heavy (non-hydrogen) atoms. The highest BCUT2D eigenvalue weighted by molar-refractivity contribution is 6.31. The van der Waals surface area contributed by atoms with Crippen molar-refractivity contribution >= 4 is 35.8 Å². The lowest BCUT2D eigenvalue weighted by molar-refractivity contribution is -0.0726. The van der Waals surface area contributed by atoms with Crippen LogP contribution in [0.4, 0.5) is 4.39 Å². The van der Waals surface area contributed by atoms with Crippen molar-refractivity contribution in [2.24, 2.45) is 5.73 Å². The molecule has 0 fully saturated rings. The molecule has 1 heterocycles. The predicted octanol–water partition coefficient (Wildman–Crippen LogP) is 4.50. The summed E-state index contributed by atoms with van der Waals surface area (Å²) >= 11 is 5.74. The van der Waals surface area contributed by atoms with Crippen molar-refractivity contribution < 1.29 is 23.5 Å². The Morgan fingerprint density at radius 3 is 2.43 bits per heavy atom. The zero-order valence-electron chi connectivity index (χ0n) is 15.5. The topological polar surface area (TPSA) is 78.6 Å². The number of ketones is 1. The van der Waals surface area contributed by atoms with E-state index in [0.717, 1.165) is 6.07 Å². The Hall–Kier alpha value is -2.15. The van der Waals surface area contributed by atoms with Gasteiger partial charge in [0, 0.05) is 11.1 Å².